The van der Waals surface area contributed by atoms with Crippen molar-refractivity contribution in [2.24, 2.45) is 0 Å². The second-order valence-electron chi connectivity index (χ2n) is 8.41. The van der Waals surface area contributed by atoms with Crippen molar-refractivity contribution in [3.63, 3.8) is 0 Å². The molecule has 0 unspecified atom stereocenters. The van der Waals surface area contributed by atoms with Gasteiger partial charge in [-0.25, -0.2) is 21.1 Å². The summed E-state index contributed by atoms with van der Waals surface area (Å²) >= 11 is 0. The molecule has 0 aliphatic rings. The highest BCUT2D eigenvalue weighted by Gasteiger charge is 2.26. The van der Waals surface area contributed by atoms with Crippen LogP contribution >= 0.6 is 0 Å². The van der Waals surface area contributed by atoms with Crippen LogP contribution in [0.1, 0.15) is 36.5 Å². The maximum absolute atomic E-state index is 13.6. The minimum atomic E-state index is -3.88. The predicted octanol–water partition coefficient (Wildman–Crippen LogP) is 4.45. The Hall–Kier alpha value is -2.52. The molecule has 6 nitrogen and oxygen atoms in total. The van der Waals surface area contributed by atoms with Crippen LogP contribution in [0.25, 0.3) is 0 Å². The molecule has 0 saturated heterocycles. The van der Waals surface area contributed by atoms with Crippen molar-refractivity contribution in [2.75, 3.05) is 14.1 Å². The molecule has 0 amide bonds. The predicted molar refractivity (Wildman–Crippen MR) is 131 cm³/mol. The van der Waals surface area contributed by atoms with Gasteiger partial charge in [0.1, 0.15) is 0 Å². The van der Waals surface area contributed by atoms with Crippen LogP contribution in [0.5, 0.6) is 0 Å². The minimum Gasteiger partial charge on any atom is -0.207 e. The monoisotopic (exact) mass is 486 g/mol. The molecule has 0 aliphatic carbocycles. The fraction of sp³-hybridized carbons (Fsp3) is 0.280. The highest BCUT2D eigenvalue weighted by Crippen LogP contribution is 2.24. The second kappa shape index (κ2) is 10.2. The molecule has 33 heavy (non-hydrogen) atoms. The summed E-state index contributed by atoms with van der Waals surface area (Å²) in [5.41, 5.74) is 2.94. The number of hydrogen-bond acceptors (Lipinski definition) is 4. The van der Waals surface area contributed by atoms with Gasteiger partial charge in [0.05, 0.1) is 9.79 Å². The lowest BCUT2D eigenvalue weighted by Gasteiger charge is -2.23. The molecule has 0 N–H and O–H groups in total. The van der Waals surface area contributed by atoms with Gasteiger partial charge in [0.15, 0.2) is 0 Å². The van der Waals surface area contributed by atoms with E-state index in [9.17, 15) is 16.8 Å². The van der Waals surface area contributed by atoms with Crippen LogP contribution in [0, 0.1) is 0 Å². The summed E-state index contributed by atoms with van der Waals surface area (Å²) in [4.78, 5) is 0.0975. The Balaban J connectivity index is 1.96. The van der Waals surface area contributed by atoms with Gasteiger partial charge in [-0.15, -0.1) is 0 Å². The van der Waals surface area contributed by atoms with E-state index in [1.54, 1.807) is 0 Å². The fourth-order valence-electron chi connectivity index (χ4n) is 3.37. The molecule has 0 radical (unpaired) electrons. The first-order valence-electron chi connectivity index (χ1n) is 10.7. The Morgan fingerprint density at radius 1 is 0.636 bits per heavy atom. The Morgan fingerprint density at radius 3 is 1.55 bits per heavy atom. The van der Waals surface area contributed by atoms with Gasteiger partial charge in [-0.1, -0.05) is 68.4 Å². The van der Waals surface area contributed by atoms with Gasteiger partial charge in [-0.05, 0) is 46.9 Å². The van der Waals surface area contributed by atoms with Crippen molar-refractivity contribution < 1.29 is 16.8 Å². The highest BCUT2D eigenvalue weighted by atomic mass is 32.2. The second-order valence-corrected chi connectivity index (χ2v) is 12.5. The molecule has 3 rings (SSSR count). The van der Waals surface area contributed by atoms with Gasteiger partial charge in [0.2, 0.25) is 20.0 Å². The van der Waals surface area contributed by atoms with Crippen LogP contribution in [-0.2, 0) is 33.1 Å². The first-order valence-corrected chi connectivity index (χ1v) is 13.6. The maximum atomic E-state index is 13.6. The first-order chi connectivity index (χ1) is 15.5. The first kappa shape index (κ1) is 25.1. The number of benzene rings is 3. The molecule has 0 atom stereocenters. The lowest BCUT2D eigenvalue weighted by molar-refractivity contribution is 0.401. The van der Waals surface area contributed by atoms with E-state index in [-0.39, 0.29) is 22.9 Å². The van der Waals surface area contributed by atoms with Crippen LogP contribution in [0.4, 0.5) is 0 Å². The number of sulfonamides is 2. The summed E-state index contributed by atoms with van der Waals surface area (Å²) in [6, 6.07) is 22.7. The maximum Gasteiger partial charge on any atom is 0.243 e. The molecule has 0 spiro atoms. The molecule has 0 heterocycles. The summed E-state index contributed by atoms with van der Waals surface area (Å²) < 4.78 is 54.4. The van der Waals surface area contributed by atoms with Gasteiger partial charge in [-0.3, -0.25) is 0 Å². The summed E-state index contributed by atoms with van der Waals surface area (Å²) in [6.07, 6.45) is 0. The van der Waals surface area contributed by atoms with Crippen molar-refractivity contribution >= 4 is 20.0 Å². The average Bonchev–Trinajstić information content (AvgIpc) is 2.79. The fourth-order valence-corrected chi connectivity index (χ4v) is 5.69. The Labute approximate surface area is 197 Å². The third-order valence-electron chi connectivity index (χ3n) is 5.45. The van der Waals surface area contributed by atoms with E-state index in [0.717, 1.165) is 15.4 Å². The number of nitrogens with zero attached hydrogens (tertiary/aromatic N) is 2. The van der Waals surface area contributed by atoms with Gasteiger partial charge in [0.25, 0.3) is 0 Å². The van der Waals surface area contributed by atoms with Gasteiger partial charge >= 0.3 is 0 Å². The minimum absolute atomic E-state index is 0.0466. The molecular formula is C25H30N2O4S2. The van der Waals surface area contributed by atoms with Crippen LogP contribution in [0.2, 0.25) is 0 Å². The third-order valence-corrected chi connectivity index (χ3v) is 9.08. The SMILES string of the molecule is CC(C)c1ccc(CN(Cc2ccccc2)S(=O)(=O)c2ccc(S(=O)(=O)N(C)C)cc2)cc1. The molecule has 0 aliphatic heterocycles. The van der Waals surface area contributed by atoms with E-state index >= 15 is 0 Å². The van der Waals surface area contributed by atoms with Gasteiger partial charge in [-0.2, -0.15) is 4.31 Å². The molecule has 3 aromatic carbocycles. The van der Waals surface area contributed by atoms with E-state index in [1.165, 1.54) is 48.2 Å². The van der Waals surface area contributed by atoms with Crippen molar-refractivity contribution in [1.82, 2.24) is 8.61 Å². The lowest BCUT2D eigenvalue weighted by Crippen LogP contribution is -2.30. The molecule has 0 bridgehead atoms. The topological polar surface area (TPSA) is 74.8 Å². The van der Waals surface area contributed by atoms with E-state index < -0.39 is 20.0 Å². The van der Waals surface area contributed by atoms with Crippen molar-refractivity contribution in [3.8, 4) is 0 Å². The van der Waals surface area contributed by atoms with Crippen molar-refractivity contribution in [3.05, 3.63) is 95.6 Å². The van der Waals surface area contributed by atoms with E-state index in [1.807, 2.05) is 54.6 Å². The normalized spacial score (nSPS) is 12.6. The zero-order valence-electron chi connectivity index (χ0n) is 19.3. The van der Waals surface area contributed by atoms with Crippen molar-refractivity contribution in [2.45, 2.75) is 42.6 Å². The molecule has 176 valence electrons. The molecule has 8 heteroatoms. The molecular weight excluding hydrogens is 456 g/mol. The standard InChI is InChI=1S/C25H30N2O4S2/c1-20(2)23-12-10-22(11-13-23)19-27(18-21-8-6-5-7-9-21)33(30,31)25-16-14-24(15-17-25)32(28,29)26(3)4/h5-17,20H,18-19H2,1-4H3. The quantitative estimate of drug-likeness (QED) is 0.448. The molecule has 0 aromatic heterocycles. The largest absolute Gasteiger partial charge is 0.243 e. The number of hydrogen-bond donors (Lipinski definition) is 0. The van der Waals surface area contributed by atoms with Crippen molar-refractivity contribution in [1.29, 1.82) is 0 Å². The average molecular weight is 487 g/mol. The molecule has 0 saturated carbocycles. The molecule has 3 aromatic rings. The zero-order valence-corrected chi connectivity index (χ0v) is 21.0. The van der Waals surface area contributed by atoms with Crippen LogP contribution in [-0.4, -0.2) is 39.5 Å². The van der Waals surface area contributed by atoms with E-state index in [4.69, 9.17) is 0 Å². The van der Waals surface area contributed by atoms with Crippen LogP contribution in [0.15, 0.2) is 88.7 Å². The third kappa shape index (κ3) is 5.89. The summed E-state index contributed by atoms with van der Waals surface area (Å²) in [6.45, 7) is 4.63. The van der Waals surface area contributed by atoms with Crippen LogP contribution in [0.3, 0.4) is 0 Å². The lowest BCUT2D eigenvalue weighted by atomic mass is 10.0. The smallest absolute Gasteiger partial charge is 0.207 e. The van der Waals surface area contributed by atoms with Crippen LogP contribution < -0.4 is 0 Å². The summed E-state index contributed by atoms with van der Waals surface area (Å²) in [5.74, 6) is 0.389. The Morgan fingerprint density at radius 2 is 1.09 bits per heavy atom. The zero-order chi connectivity index (χ0) is 24.2. The van der Waals surface area contributed by atoms with E-state index in [0.29, 0.717) is 5.92 Å². The highest BCUT2D eigenvalue weighted by molar-refractivity contribution is 7.89. The Kier molecular flexibility index (Phi) is 7.74. The molecule has 0 fully saturated rings. The summed E-state index contributed by atoms with van der Waals surface area (Å²) in [5, 5.41) is 0. The van der Waals surface area contributed by atoms with E-state index in [2.05, 4.69) is 13.8 Å². The Bertz CT molecular complexity index is 1270. The van der Waals surface area contributed by atoms with Gasteiger partial charge < -0.3 is 0 Å². The number of rotatable bonds is 9. The summed E-state index contributed by atoms with van der Waals surface area (Å²) in [7, 11) is -4.65. The van der Waals surface area contributed by atoms with Gasteiger partial charge in [0, 0.05) is 27.2 Å².